The van der Waals surface area contributed by atoms with Crippen molar-refractivity contribution in [3.8, 4) is 11.5 Å². The molecule has 6 nitrogen and oxygen atoms in total. The van der Waals surface area contributed by atoms with E-state index < -0.39 is 0 Å². The number of benzene rings is 2. The second-order valence-electron chi connectivity index (χ2n) is 7.98. The van der Waals surface area contributed by atoms with Crippen molar-refractivity contribution in [3.63, 3.8) is 0 Å². The van der Waals surface area contributed by atoms with E-state index >= 15 is 0 Å². The first-order chi connectivity index (χ1) is 15.2. The fraction of sp³-hybridized carbons (Fsp3) is 0.240. The number of aromatic nitrogens is 2. The van der Waals surface area contributed by atoms with Crippen molar-refractivity contribution in [2.24, 2.45) is 0 Å². The van der Waals surface area contributed by atoms with Crippen molar-refractivity contribution < 1.29 is 9.53 Å². The second kappa shape index (κ2) is 8.22. The maximum atomic E-state index is 13.3. The molecule has 1 aliphatic heterocycles. The molecule has 2 heterocycles. The van der Waals surface area contributed by atoms with Crippen molar-refractivity contribution in [1.82, 2.24) is 9.97 Å². The third-order valence-electron chi connectivity index (χ3n) is 5.94. The standard InChI is InChI=1S/C25H24N4O2/c26-24-22-14-18(17-10-12-21(13-11-17)31-20-8-2-1-3-9-20)15-23(30)29(19-6-4-5-7-19)25(22)28-16-27-24/h1-3,8-14,16,19H,4-7,15H2,(H2,26,27,28). The van der Waals surface area contributed by atoms with Crippen molar-refractivity contribution in [2.45, 2.75) is 38.1 Å². The van der Waals surface area contributed by atoms with Gasteiger partial charge < -0.3 is 10.5 Å². The van der Waals surface area contributed by atoms with E-state index in [4.69, 9.17) is 10.5 Å². The van der Waals surface area contributed by atoms with Crippen molar-refractivity contribution in [1.29, 1.82) is 0 Å². The molecule has 1 fully saturated rings. The third kappa shape index (κ3) is 3.89. The zero-order valence-corrected chi connectivity index (χ0v) is 17.2. The Morgan fingerprint density at radius 1 is 0.935 bits per heavy atom. The number of nitrogens with zero attached hydrogens (tertiary/aromatic N) is 3. The van der Waals surface area contributed by atoms with Gasteiger partial charge in [-0.15, -0.1) is 0 Å². The molecule has 0 atom stereocenters. The number of carbonyl (C=O) groups is 1. The number of para-hydroxylation sites is 1. The second-order valence-corrected chi connectivity index (χ2v) is 7.98. The molecule has 0 bridgehead atoms. The molecule has 1 amide bonds. The summed E-state index contributed by atoms with van der Waals surface area (Å²) in [6.07, 6.45) is 7.96. The van der Waals surface area contributed by atoms with Gasteiger partial charge in [-0.1, -0.05) is 43.2 Å². The van der Waals surface area contributed by atoms with Crippen LogP contribution in [-0.4, -0.2) is 21.9 Å². The van der Waals surface area contributed by atoms with Gasteiger partial charge in [0.25, 0.3) is 0 Å². The molecule has 2 aliphatic rings. The molecule has 6 heteroatoms. The molecule has 5 rings (SSSR count). The Labute approximate surface area is 181 Å². The van der Waals surface area contributed by atoms with E-state index in [1.165, 1.54) is 6.33 Å². The number of hydrogen-bond acceptors (Lipinski definition) is 5. The van der Waals surface area contributed by atoms with Crippen LogP contribution >= 0.6 is 0 Å². The highest BCUT2D eigenvalue weighted by molar-refractivity contribution is 6.07. The first-order valence-corrected chi connectivity index (χ1v) is 10.7. The van der Waals surface area contributed by atoms with Crippen LogP contribution in [0.5, 0.6) is 11.5 Å². The number of nitrogen functional groups attached to an aromatic ring is 1. The number of nitrogens with two attached hydrogens (primary N) is 1. The van der Waals surface area contributed by atoms with Crippen LogP contribution in [-0.2, 0) is 4.79 Å². The van der Waals surface area contributed by atoms with Crippen LogP contribution in [0.25, 0.3) is 11.6 Å². The molecular weight excluding hydrogens is 388 g/mol. The van der Waals surface area contributed by atoms with Crippen LogP contribution < -0.4 is 15.4 Å². The molecule has 0 saturated heterocycles. The van der Waals surface area contributed by atoms with Gasteiger partial charge in [-0.25, -0.2) is 9.97 Å². The van der Waals surface area contributed by atoms with E-state index in [0.717, 1.165) is 53.9 Å². The number of amides is 1. The molecule has 0 radical (unpaired) electrons. The lowest BCUT2D eigenvalue weighted by Crippen LogP contribution is -2.39. The van der Waals surface area contributed by atoms with Crippen LogP contribution in [0, 0.1) is 0 Å². The Morgan fingerprint density at radius 2 is 1.65 bits per heavy atom. The minimum absolute atomic E-state index is 0.0552. The van der Waals surface area contributed by atoms with Crippen LogP contribution in [0.15, 0.2) is 60.9 Å². The summed E-state index contributed by atoms with van der Waals surface area (Å²) in [5, 5.41) is 0. The maximum Gasteiger partial charge on any atom is 0.232 e. The fourth-order valence-corrected chi connectivity index (χ4v) is 4.41. The average Bonchev–Trinajstić information content (AvgIpc) is 3.26. The maximum absolute atomic E-state index is 13.3. The minimum atomic E-state index is 0.0552. The zero-order chi connectivity index (χ0) is 21.2. The summed E-state index contributed by atoms with van der Waals surface area (Å²) >= 11 is 0. The van der Waals surface area contributed by atoms with Gasteiger partial charge in [-0.05, 0) is 54.3 Å². The zero-order valence-electron chi connectivity index (χ0n) is 17.2. The van der Waals surface area contributed by atoms with Gasteiger partial charge >= 0.3 is 0 Å². The predicted molar refractivity (Wildman–Crippen MR) is 122 cm³/mol. The highest BCUT2D eigenvalue weighted by atomic mass is 16.5. The minimum Gasteiger partial charge on any atom is -0.457 e. The van der Waals surface area contributed by atoms with E-state index in [1.807, 2.05) is 65.6 Å². The molecule has 3 aromatic rings. The number of fused-ring (bicyclic) bond motifs is 1. The highest BCUT2D eigenvalue weighted by Gasteiger charge is 2.33. The fourth-order valence-electron chi connectivity index (χ4n) is 4.41. The molecule has 1 aromatic heterocycles. The quantitative estimate of drug-likeness (QED) is 0.647. The summed E-state index contributed by atoms with van der Waals surface area (Å²) in [7, 11) is 0. The van der Waals surface area contributed by atoms with Crippen LogP contribution in [0.2, 0.25) is 0 Å². The molecule has 0 unspecified atom stereocenters. The Balaban J connectivity index is 1.47. The lowest BCUT2D eigenvalue weighted by Gasteiger charge is -2.28. The van der Waals surface area contributed by atoms with Gasteiger partial charge in [0.2, 0.25) is 5.91 Å². The summed E-state index contributed by atoms with van der Waals surface area (Å²) in [5.41, 5.74) is 8.79. The molecule has 2 aromatic carbocycles. The predicted octanol–water partition coefficient (Wildman–Crippen LogP) is 5.07. The lowest BCUT2D eigenvalue weighted by atomic mass is 10.0. The van der Waals surface area contributed by atoms with E-state index in [1.54, 1.807) is 0 Å². The topological polar surface area (TPSA) is 81.3 Å². The van der Waals surface area contributed by atoms with Gasteiger partial charge in [0.15, 0.2) is 0 Å². The first kappa shape index (κ1) is 19.3. The van der Waals surface area contributed by atoms with Crippen molar-refractivity contribution in [2.75, 3.05) is 10.6 Å². The number of carbonyl (C=O) groups excluding carboxylic acids is 1. The largest absolute Gasteiger partial charge is 0.457 e. The normalized spacial score (nSPS) is 16.6. The molecule has 2 N–H and O–H groups in total. The molecule has 0 spiro atoms. The summed E-state index contributed by atoms with van der Waals surface area (Å²) < 4.78 is 5.89. The molecule has 1 saturated carbocycles. The molecule has 1 aliphatic carbocycles. The molecule has 31 heavy (non-hydrogen) atoms. The Bertz CT molecular complexity index is 1120. The Morgan fingerprint density at radius 3 is 2.39 bits per heavy atom. The van der Waals surface area contributed by atoms with Gasteiger partial charge in [-0.3, -0.25) is 9.69 Å². The van der Waals surface area contributed by atoms with Crippen molar-refractivity contribution >= 4 is 29.2 Å². The van der Waals surface area contributed by atoms with Crippen molar-refractivity contribution in [3.05, 3.63) is 72.1 Å². The number of rotatable bonds is 4. The van der Waals surface area contributed by atoms with Crippen LogP contribution in [0.4, 0.5) is 11.6 Å². The van der Waals surface area contributed by atoms with Gasteiger partial charge in [0, 0.05) is 6.04 Å². The average molecular weight is 412 g/mol. The Kier molecular flexibility index (Phi) is 5.12. The summed E-state index contributed by atoms with van der Waals surface area (Å²) in [6.45, 7) is 0. The van der Waals surface area contributed by atoms with Gasteiger partial charge in [0.1, 0.15) is 29.5 Å². The number of ether oxygens (including phenoxy) is 1. The van der Waals surface area contributed by atoms with E-state index in [0.29, 0.717) is 18.1 Å². The Hall–Kier alpha value is -3.67. The summed E-state index contributed by atoms with van der Waals surface area (Å²) in [5.74, 6) is 2.60. The highest BCUT2D eigenvalue weighted by Crippen LogP contribution is 2.38. The lowest BCUT2D eigenvalue weighted by molar-refractivity contribution is -0.118. The number of anilines is 2. The monoisotopic (exact) mass is 412 g/mol. The van der Waals surface area contributed by atoms with Crippen LogP contribution in [0.3, 0.4) is 0 Å². The molecule has 156 valence electrons. The van der Waals surface area contributed by atoms with Gasteiger partial charge in [0.05, 0.1) is 12.0 Å². The van der Waals surface area contributed by atoms with E-state index in [9.17, 15) is 4.79 Å². The van der Waals surface area contributed by atoms with Crippen LogP contribution in [0.1, 0.15) is 43.2 Å². The third-order valence-corrected chi connectivity index (χ3v) is 5.94. The SMILES string of the molecule is Nc1ncnc2c1C=C(c1ccc(Oc3ccccc3)cc1)CC(=O)N2C1CCCC1. The first-order valence-electron chi connectivity index (χ1n) is 10.7. The smallest absolute Gasteiger partial charge is 0.232 e. The summed E-state index contributed by atoms with van der Waals surface area (Å²) in [4.78, 5) is 23.8. The summed E-state index contributed by atoms with van der Waals surface area (Å²) in [6, 6.07) is 17.6. The van der Waals surface area contributed by atoms with E-state index in [2.05, 4.69) is 9.97 Å². The van der Waals surface area contributed by atoms with E-state index in [-0.39, 0.29) is 11.9 Å². The van der Waals surface area contributed by atoms with Gasteiger partial charge in [-0.2, -0.15) is 0 Å². The number of hydrogen-bond donors (Lipinski definition) is 1. The molecular formula is C25H24N4O2.